The molecular weight excluding hydrogens is 380 g/mol. The van der Waals surface area contributed by atoms with Crippen molar-refractivity contribution in [3.05, 3.63) is 65.7 Å². The average molecular weight is 396 g/mol. The molecule has 1 amide bonds. The van der Waals surface area contributed by atoms with Gasteiger partial charge in [0.15, 0.2) is 10.4 Å². The van der Waals surface area contributed by atoms with Crippen LogP contribution in [0, 0.1) is 11.3 Å². The molecule has 0 bridgehead atoms. The summed E-state index contributed by atoms with van der Waals surface area (Å²) in [4.78, 5) is 12.2. The normalized spacial score (nSPS) is 11.4. The van der Waals surface area contributed by atoms with Gasteiger partial charge in [-0.15, -0.1) is 10.2 Å². The van der Waals surface area contributed by atoms with Crippen molar-refractivity contribution in [1.29, 1.82) is 5.26 Å². The largest absolute Gasteiger partial charge is 0.481 e. The Kier molecular flexibility index (Phi) is 6.41. The van der Waals surface area contributed by atoms with Gasteiger partial charge in [0, 0.05) is 5.75 Å². The van der Waals surface area contributed by atoms with Crippen LogP contribution in [0.25, 0.3) is 0 Å². The quantitative estimate of drug-likeness (QED) is 0.478. The lowest BCUT2D eigenvalue weighted by Crippen LogP contribution is -2.30. The fraction of sp³-hybridized carbons (Fsp3) is 0.158. The Morgan fingerprint density at radius 3 is 2.67 bits per heavy atom. The van der Waals surface area contributed by atoms with Crippen LogP contribution in [0.15, 0.2) is 58.9 Å². The van der Waals surface area contributed by atoms with E-state index < -0.39 is 6.10 Å². The lowest BCUT2D eigenvalue weighted by atomic mass is 10.2. The Morgan fingerprint density at radius 2 is 1.96 bits per heavy atom. The van der Waals surface area contributed by atoms with Crippen LogP contribution in [0.5, 0.6) is 5.75 Å². The average Bonchev–Trinajstić information content (AvgIpc) is 3.15. The number of carbonyl (C=O) groups is 1. The minimum Gasteiger partial charge on any atom is -0.481 e. The predicted octanol–water partition coefficient (Wildman–Crippen LogP) is 4.11. The zero-order valence-corrected chi connectivity index (χ0v) is 16.1. The summed E-state index contributed by atoms with van der Waals surface area (Å²) < 4.78 is 6.35. The Balaban J connectivity index is 1.51. The van der Waals surface area contributed by atoms with Gasteiger partial charge in [-0.25, -0.2) is 0 Å². The summed E-state index contributed by atoms with van der Waals surface area (Å²) in [7, 11) is 0. The number of anilines is 1. The molecule has 1 aromatic heterocycles. The summed E-state index contributed by atoms with van der Waals surface area (Å²) in [6.07, 6.45) is -0.647. The number of hydrogen-bond acceptors (Lipinski definition) is 7. The first-order valence-electron chi connectivity index (χ1n) is 8.12. The van der Waals surface area contributed by atoms with Crippen molar-refractivity contribution >= 4 is 34.1 Å². The third kappa shape index (κ3) is 5.54. The Labute approximate surface area is 165 Å². The number of benzene rings is 2. The van der Waals surface area contributed by atoms with Crippen molar-refractivity contribution in [2.75, 3.05) is 5.32 Å². The molecule has 27 heavy (non-hydrogen) atoms. The van der Waals surface area contributed by atoms with E-state index >= 15 is 0 Å². The molecule has 0 saturated heterocycles. The molecule has 6 nitrogen and oxygen atoms in total. The third-order valence-corrected chi connectivity index (χ3v) is 5.55. The van der Waals surface area contributed by atoms with Crippen molar-refractivity contribution in [2.24, 2.45) is 0 Å². The summed E-state index contributed by atoms with van der Waals surface area (Å²) in [5.41, 5.74) is 1.72. The number of ether oxygens (including phenoxy) is 1. The molecule has 1 heterocycles. The monoisotopic (exact) mass is 396 g/mol. The molecule has 0 fully saturated rings. The summed E-state index contributed by atoms with van der Waals surface area (Å²) in [5, 5.41) is 20.1. The molecule has 0 aliphatic rings. The number of para-hydroxylation sites is 1. The van der Waals surface area contributed by atoms with E-state index in [0.717, 1.165) is 9.90 Å². The topological polar surface area (TPSA) is 87.9 Å². The smallest absolute Gasteiger partial charge is 0.266 e. The maximum Gasteiger partial charge on any atom is 0.266 e. The molecule has 0 spiro atoms. The van der Waals surface area contributed by atoms with E-state index in [1.165, 1.54) is 23.1 Å². The number of aromatic nitrogens is 2. The number of carbonyl (C=O) groups excluding carboxylic acids is 1. The first-order valence-corrected chi connectivity index (χ1v) is 9.92. The highest BCUT2D eigenvalue weighted by molar-refractivity contribution is 8.00. The summed E-state index contributed by atoms with van der Waals surface area (Å²) in [6, 6.07) is 18.7. The van der Waals surface area contributed by atoms with Gasteiger partial charge in [0.05, 0.1) is 11.6 Å². The molecular formula is C19H16N4O2S2. The molecule has 0 aliphatic heterocycles. The first-order chi connectivity index (χ1) is 13.1. The maximum atomic E-state index is 12.2. The molecule has 8 heteroatoms. The van der Waals surface area contributed by atoms with E-state index in [0.29, 0.717) is 22.2 Å². The highest BCUT2D eigenvalue weighted by Crippen LogP contribution is 2.28. The number of rotatable bonds is 7. The zero-order valence-electron chi connectivity index (χ0n) is 14.5. The SMILES string of the molecule is CC(Oc1ccccc1)C(=O)Nc1nnc(SCc2ccc(C#N)cc2)s1. The van der Waals surface area contributed by atoms with Gasteiger partial charge in [-0.2, -0.15) is 5.26 Å². The summed E-state index contributed by atoms with van der Waals surface area (Å²) in [5.74, 6) is 1.07. The molecule has 3 rings (SSSR count). The van der Waals surface area contributed by atoms with E-state index in [-0.39, 0.29) is 5.91 Å². The van der Waals surface area contributed by atoms with E-state index in [4.69, 9.17) is 10.00 Å². The van der Waals surface area contributed by atoms with Gasteiger partial charge < -0.3 is 4.74 Å². The van der Waals surface area contributed by atoms with Crippen LogP contribution in [0.4, 0.5) is 5.13 Å². The van der Waals surface area contributed by atoms with E-state index in [1.807, 2.05) is 30.3 Å². The van der Waals surface area contributed by atoms with Crippen LogP contribution >= 0.6 is 23.1 Å². The van der Waals surface area contributed by atoms with Crippen LogP contribution < -0.4 is 10.1 Å². The van der Waals surface area contributed by atoms with Crippen molar-refractivity contribution in [3.8, 4) is 11.8 Å². The highest BCUT2D eigenvalue weighted by Gasteiger charge is 2.17. The second kappa shape index (κ2) is 9.16. The van der Waals surface area contributed by atoms with Gasteiger partial charge in [-0.3, -0.25) is 10.1 Å². The lowest BCUT2D eigenvalue weighted by Gasteiger charge is -2.13. The number of thioether (sulfide) groups is 1. The number of hydrogen-bond donors (Lipinski definition) is 1. The zero-order chi connectivity index (χ0) is 19.1. The molecule has 0 aliphatic carbocycles. The molecule has 3 aromatic rings. The maximum absolute atomic E-state index is 12.2. The van der Waals surface area contributed by atoms with Gasteiger partial charge in [0.1, 0.15) is 5.75 Å². The van der Waals surface area contributed by atoms with Crippen molar-refractivity contribution in [2.45, 2.75) is 23.1 Å². The number of amides is 1. The molecule has 1 atom stereocenters. The van der Waals surface area contributed by atoms with Crippen molar-refractivity contribution in [1.82, 2.24) is 10.2 Å². The van der Waals surface area contributed by atoms with Crippen LogP contribution in [0.3, 0.4) is 0 Å². The highest BCUT2D eigenvalue weighted by atomic mass is 32.2. The predicted molar refractivity (Wildman–Crippen MR) is 106 cm³/mol. The molecule has 2 aromatic carbocycles. The Morgan fingerprint density at radius 1 is 1.22 bits per heavy atom. The number of nitrogens with zero attached hydrogens (tertiary/aromatic N) is 3. The molecule has 136 valence electrons. The van der Waals surface area contributed by atoms with Gasteiger partial charge in [-0.1, -0.05) is 53.4 Å². The Bertz CT molecular complexity index is 936. The summed E-state index contributed by atoms with van der Waals surface area (Å²) in [6.45, 7) is 1.68. The fourth-order valence-electron chi connectivity index (χ4n) is 2.10. The number of nitriles is 1. The van der Waals surface area contributed by atoms with Crippen LogP contribution in [0.1, 0.15) is 18.1 Å². The summed E-state index contributed by atoms with van der Waals surface area (Å²) >= 11 is 2.84. The first kappa shape index (κ1) is 18.9. The molecule has 1 unspecified atom stereocenters. The van der Waals surface area contributed by atoms with Gasteiger partial charge in [0.25, 0.3) is 5.91 Å². The fourth-order valence-corrected chi connectivity index (χ4v) is 3.81. The third-order valence-electron chi connectivity index (χ3n) is 3.51. The van der Waals surface area contributed by atoms with Gasteiger partial charge in [-0.05, 0) is 36.8 Å². The minimum atomic E-state index is -0.647. The van der Waals surface area contributed by atoms with E-state index in [1.54, 1.807) is 31.2 Å². The number of nitrogens with one attached hydrogen (secondary N) is 1. The molecule has 0 saturated carbocycles. The van der Waals surface area contributed by atoms with E-state index in [2.05, 4.69) is 21.6 Å². The molecule has 0 radical (unpaired) electrons. The van der Waals surface area contributed by atoms with Crippen LogP contribution in [-0.2, 0) is 10.5 Å². The second-order valence-electron chi connectivity index (χ2n) is 5.53. The molecule has 1 N–H and O–H groups in total. The van der Waals surface area contributed by atoms with Crippen LogP contribution in [-0.4, -0.2) is 22.2 Å². The van der Waals surface area contributed by atoms with Gasteiger partial charge >= 0.3 is 0 Å². The van der Waals surface area contributed by atoms with Crippen molar-refractivity contribution < 1.29 is 9.53 Å². The lowest BCUT2D eigenvalue weighted by molar-refractivity contribution is -0.122. The standard InChI is InChI=1S/C19H16N4O2S2/c1-13(25-16-5-3-2-4-6-16)17(24)21-18-22-23-19(27-18)26-12-15-9-7-14(11-20)8-10-15/h2-10,13H,12H2,1H3,(H,21,22,24). The van der Waals surface area contributed by atoms with Crippen LogP contribution in [0.2, 0.25) is 0 Å². The van der Waals surface area contributed by atoms with E-state index in [9.17, 15) is 4.79 Å². The minimum absolute atomic E-state index is 0.279. The van der Waals surface area contributed by atoms with Gasteiger partial charge in [0.2, 0.25) is 5.13 Å². The van der Waals surface area contributed by atoms with Crippen molar-refractivity contribution in [3.63, 3.8) is 0 Å². The Hall–Kier alpha value is -2.89. The second-order valence-corrected chi connectivity index (χ2v) is 7.73.